The predicted molar refractivity (Wildman–Crippen MR) is 87.8 cm³/mol. The number of benzene rings is 2. The molecule has 0 saturated heterocycles. The number of para-hydroxylation sites is 2. The number of rotatable bonds is 3. The Bertz CT molecular complexity index is 630. The first kappa shape index (κ1) is 14.2. The molecule has 0 aromatic heterocycles. The summed E-state index contributed by atoms with van der Waals surface area (Å²) in [5, 5.41) is 0.762. The fourth-order valence-corrected chi connectivity index (χ4v) is 2.97. The molecule has 110 valence electrons. The maximum atomic E-state index is 6.49. The minimum atomic E-state index is 0.635. The van der Waals surface area contributed by atoms with Gasteiger partial charge >= 0.3 is 0 Å². The molecule has 2 aromatic rings. The van der Waals surface area contributed by atoms with E-state index in [1.165, 1.54) is 5.56 Å². The lowest BCUT2D eigenvalue weighted by Gasteiger charge is -2.25. The van der Waals surface area contributed by atoms with Crippen LogP contribution in [0.25, 0.3) is 0 Å². The summed E-state index contributed by atoms with van der Waals surface area (Å²) in [7, 11) is 0. The Balaban J connectivity index is 2.00. The van der Waals surface area contributed by atoms with Crippen molar-refractivity contribution < 1.29 is 4.74 Å². The molecule has 2 N–H and O–H groups in total. The van der Waals surface area contributed by atoms with Gasteiger partial charge in [-0.1, -0.05) is 29.8 Å². The largest absolute Gasteiger partial charge is 0.491 e. The fourth-order valence-electron chi connectivity index (χ4n) is 2.67. The molecule has 3 nitrogen and oxygen atoms in total. The molecule has 0 atom stereocenters. The summed E-state index contributed by atoms with van der Waals surface area (Å²) < 4.78 is 5.80. The maximum absolute atomic E-state index is 6.49. The van der Waals surface area contributed by atoms with Crippen LogP contribution in [0.15, 0.2) is 42.5 Å². The van der Waals surface area contributed by atoms with Gasteiger partial charge in [-0.25, -0.2) is 0 Å². The number of nitrogens with two attached hydrogens (primary N) is 1. The lowest BCUT2D eigenvalue weighted by molar-refractivity contribution is 0.322. The van der Waals surface area contributed by atoms with Gasteiger partial charge in [-0.15, -0.1) is 0 Å². The lowest BCUT2D eigenvalue weighted by atomic mass is 10.1. The number of hydrogen-bond acceptors (Lipinski definition) is 3. The summed E-state index contributed by atoms with van der Waals surface area (Å²) in [5.74, 6) is 0.914. The third kappa shape index (κ3) is 2.99. The van der Waals surface area contributed by atoms with Crippen LogP contribution in [-0.2, 0) is 6.42 Å². The molecule has 0 amide bonds. The van der Waals surface area contributed by atoms with Gasteiger partial charge in [0.1, 0.15) is 5.75 Å². The van der Waals surface area contributed by atoms with Crippen molar-refractivity contribution in [3.63, 3.8) is 0 Å². The normalized spacial score (nSPS) is 14.3. The SMILES string of the molecule is NCCc1ccc(N2CCCOc3ccccc32)c(Cl)c1. The smallest absolute Gasteiger partial charge is 0.142 e. The summed E-state index contributed by atoms with van der Waals surface area (Å²) >= 11 is 6.49. The van der Waals surface area contributed by atoms with E-state index in [1.807, 2.05) is 24.3 Å². The van der Waals surface area contributed by atoms with Crippen molar-refractivity contribution in [3.05, 3.63) is 53.1 Å². The Morgan fingerprint density at radius 1 is 1.14 bits per heavy atom. The van der Waals surface area contributed by atoms with Crippen molar-refractivity contribution in [2.45, 2.75) is 12.8 Å². The molecule has 4 heteroatoms. The van der Waals surface area contributed by atoms with Crippen LogP contribution in [0.1, 0.15) is 12.0 Å². The molecule has 0 unspecified atom stereocenters. The van der Waals surface area contributed by atoms with Crippen molar-refractivity contribution in [1.29, 1.82) is 0 Å². The van der Waals surface area contributed by atoms with Crippen LogP contribution in [-0.4, -0.2) is 19.7 Å². The molecule has 21 heavy (non-hydrogen) atoms. The number of nitrogens with zero attached hydrogens (tertiary/aromatic N) is 1. The Kier molecular flexibility index (Phi) is 4.32. The molecule has 0 radical (unpaired) electrons. The zero-order valence-electron chi connectivity index (χ0n) is 11.9. The van der Waals surface area contributed by atoms with Crippen molar-refractivity contribution >= 4 is 23.0 Å². The Hall–Kier alpha value is -1.71. The highest BCUT2D eigenvalue weighted by Crippen LogP contribution is 2.39. The van der Waals surface area contributed by atoms with Crippen LogP contribution < -0.4 is 15.4 Å². The second-order valence-electron chi connectivity index (χ2n) is 5.15. The summed E-state index contributed by atoms with van der Waals surface area (Å²) in [5.41, 5.74) is 8.87. The topological polar surface area (TPSA) is 38.5 Å². The Morgan fingerprint density at radius 3 is 2.81 bits per heavy atom. The van der Waals surface area contributed by atoms with Crippen LogP contribution in [0.3, 0.4) is 0 Å². The minimum absolute atomic E-state index is 0.635. The van der Waals surface area contributed by atoms with E-state index in [-0.39, 0.29) is 0 Å². The van der Waals surface area contributed by atoms with Gasteiger partial charge in [0.05, 0.1) is 23.0 Å². The van der Waals surface area contributed by atoms with Crippen LogP contribution in [0.4, 0.5) is 11.4 Å². The van der Waals surface area contributed by atoms with Crippen molar-refractivity contribution in [3.8, 4) is 5.75 Å². The Morgan fingerprint density at radius 2 is 2.00 bits per heavy atom. The zero-order valence-corrected chi connectivity index (χ0v) is 12.6. The van der Waals surface area contributed by atoms with E-state index in [9.17, 15) is 0 Å². The molecule has 2 aromatic carbocycles. The van der Waals surface area contributed by atoms with Gasteiger partial charge in [-0.2, -0.15) is 0 Å². The monoisotopic (exact) mass is 302 g/mol. The predicted octanol–water partition coefficient (Wildman–Crippen LogP) is 3.76. The van der Waals surface area contributed by atoms with E-state index in [0.29, 0.717) is 6.54 Å². The van der Waals surface area contributed by atoms with Gasteiger partial charge < -0.3 is 15.4 Å². The van der Waals surface area contributed by atoms with E-state index < -0.39 is 0 Å². The second-order valence-corrected chi connectivity index (χ2v) is 5.55. The Labute approximate surface area is 130 Å². The summed E-state index contributed by atoms with van der Waals surface area (Å²) in [4.78, 5) is 2.23. The average Bonchev–Trinajstić information content (AvgIpc) is 2.70. The first-order chi connectivity index (χ1) is 10.3. The molecular weight excluding hydrogens is 284 g/mol. The zero-order chi connectivity index (χ0) is 14.7. The summed E-state index contributed by atoms with van der Waals surface area (Å²) in [6, 6.07) is 14.3. The van der Waals surface area contributed by atoms with Crippen LogP contribution in [0.5, 0.6) is 5.75 Å². The first-order valence-electron chi connectivity index (χ1n) is 7.27. The highest BCUT2D eigenvalue weighted by molar-refractivity contribution is 6.33. The van der Waals surface area contributed by atoms with E-state index in [1.54, 1.807) is 0 Å². The molecule has 0 fully saturated rings. The van der Waals surface area contributed by atoms with Crippen LogP contribution >= 0.6 is 11.6 Å². The van der Waals surface area contributed by atoms with Gasteiger partial charge in [0.15, 0.2) is 0 Å². The van der Waals surface area contributed by atoms with Crippen molar-refractivity contribution in [2.75, 3.05) is 24.6 Å². The number of ether oxygens (including phenoxy) is 1. The highest BCUT2D eigenvalue weighted by Gasteiger charge is 2.19. The van der Waals surface area contributed by atoms with Crippen molar-refractivity contribution in [1.82, 2.24) is 0 Å². The van der Waals surface area contributed by atoms with Crippen molar-refractivity contribution in [2.24, 2.45) is 5.73 Å². The van der Waals surface area contributed by atoms with Crippen LogP contribution in [0, 0.1) is 0 Å². The van der Waals surface area contributed by atoms with Gasteiger partial charge in [0.25, 0.3) is 0 Å². The first-order valence-corrected chi connectivity index (χ1v) is 7.65. The lowest BCUT2D eigenvalue weighted by Crippen LogP contribution is -2.18. The van der Waals surface area contributed by atoms with E-state index in [4.69, 9.17) is 22.1 Å². The number of hydrogen-bond donors (Lipinski definition) is 1. The molecule has 1 aliphatic rings. The van der Waals surface area contributed by atoms with E-state index >= 15 is 0 Å². The minimum Gasteiger partial charge on any atom is -0.491 e. The van der Waals surface area contributed by atoms with E-state index in [2.05, 4.69) is 23.1 Å². The third-order valence-electron chi connectivity index (χ3n) is 3.68. The van der Waals surface area contributed by atoms with Gasteiger partial charge in [0.2, 0.25) is 0 Å². The molecule has 1 aliphatic heterocycles. The van der Waals surface area contributed by atoms with E-state index in [0.717, 1.165) is 48.1 Å². The number of fused-ring (bicyclic) bond motifs is 1. The van der Waals surface area contributed by atoms with Gasteiger partial charge in [-0.3, -0.25) is 0 Å². The molecule has 0 bridgehead atoms. The molecule has 0 aliphatic carbocycles. The third-order valence-corrected chi connectivity index (χ3v) is 3.98. The summed E-state index contributed by atoms with van der Waals surface area (Å²) in [6.07, 6.45) is 1.81. The van der Waals surface area contributed by atoms with Gasteiger partial charge in [-0.05, 0) is 49.2 Å². The quantitative estimate of drug-likeness (QED) is 0.938. The molecule has 1 heterocycles. The number of anilines is 2. The molecule has 0 saturated carbocycles. The summed E-state index contributed by atoms with van der Waals surface area (Å²) in [6.45, 7) is 2.26. The molecule has 3 rings (SSSR count). The standard InChI is InChI=1S/C17H19ClN2O/c18-14-12-13(8-9-19)6-7-15(14)20-10-3-11-21-17-5-2-1-4-16(17)20/h1-2,4-7,12H,3,8-11,19H2. The molecular formula is C17H19ClN2O. The van der Waals surface area contributed by atoms with Gasteiger partial charge in [0, 0.05) is 6.54 Å². The highest BCUT2D eigenvalue weighted by atomic mass is 35.5. The number of halogens is 1. The maximum Gasteiger partial charge on any atom is 0.142 e. The average molecular weight is 303 g/mol. The fraction of sp³-hybridized carbons (Fsp3) is 0.294. The molecule has 0 spiro atoms. The van der Waals surface area contributed by atoms with Crippen LogP contribution in [0.2, 0.25) is 5.02 Å². The second kappa shape index (κ2) is 6.37.